The van der Waals surface area contributed by atoms with Gasteiger partial charge in [0.15, 0.2) is 6.29 Å². The van der Waals surface area contributed by atoms with Gasteiger partial charge in [-0.1, -0.05) is 30.3 Å². The van der Waals surface area contributed by atoms with Crippen molar-refractivity contribution in [2.24, 2.45) is 0 Å². The van der Waals surface area contributed by atoms with Gasteiger partial charge in [0.1, 0.15) is 6.10 Å². The molecule has 3 nitrogen and oxygen atoms in total. The highest BCUT2D eigenvalue weighted by Gasteiger charge is 2.79. The fraction of sp³-hybridized carbons (Fsp3) is 0.500. The number of likely N-dealkylation sites (N-methyl/N-ethyl adjacent to an activating group) is 1. The molecule has 1 aromatic rings. The van der Waals surface area contributed by atoms with Gasteiger partial charge in [-0.05, 0) is 19.0 Å². The van der Waals surface area contributed by atoms with Crippen LogP contribution >= 0.6 is 0 Å². The van der Waals surface area contributed by atoms with E-state index in [1.54, 1.807) is 30.3 Å². The molecule has 9 heteroatoms. The zero-order valence-corrected chi connectivity index (χ0v) is 11.9. The highest BCUT2D eigenvalue weighted by Crippen LogP contribution is 2.52. The molecule has 1 aliphatic heterocycles. The van der Waals surface area contributed by atoms with Gasteiger partial charge in [-0.25, -0.2) is 0 Å². The van der Waals surface area contributed by atoms with Crippen molar-refractivity contribution in [1.29, 1.82) is 0 Å². The van der Waals surface area contributed by atoms with E-state index in [0.29, 0.717) is 12.6 Å². The quantitative estimate of drug-likeness (QED) is 0.625. The maximum atomic E-state index is 13.2. The van der Waals surface area contributed by atoms with E-state index >= 15 is 0 Å². The molecule has 1 fully saturated rings. The Kier molecular flexibility index (Phi) is 4.46. The predicted octanol–water partition coefficient (Wildman–Crippen LogP) is 2.95. The van der Waals surface area contributed by atoms with Crippen LogP contribution in [0.1, 0.15) is 5.56 Å². The molecular weight excluding hydrogens is 328 g/mol. The maximum Gasteiger partial charge on any atom is 0.440 e. The second-order valence-electron chi connectivity index (χ2n) is 5.23. The van der Waals surface area contributed by atoms with Crippen molar-refractivity contribution >= 4 is 6.29 Å². The summed E-state index contributed by atoms with van der Waals surface area (Å²) in [6, 6.07) is 6.57. The summed E-state index contributed by atoms with van der Waals surface area (Å²) < 4.78 is 83.3. The van der Waals surface area contributed by atoms with Crippen LogP contribution in [0.15, 0.2) is 30.3 Å². The second kappa shape index (κ2) is 5.79. The van der Waals surface area contributed by atoms with Crippen molar-refractivity contribution in [1.82, 2.24) is 4.90 Å². The van der Waals surface area contributed by atoms with Crippen LogP contribution in [0, 0.1) is 0 Å². The summed E-state index contributed by atoms with van der Waals surface area (Å²) >= 11 is 0. The number of benzene rings is 1. The van der Waals surface area contributed by atoms with Gasteiger partial charge in [-0.2, -0.15) is 26.3 Å². The minimum absolute atomic E-state index is 0.0245. The van der Waals surface area contributed by atoms with Gasteiger partial charge in [-0.15, -0.1) is 0 Å². The third-order valence-electron chi connectivity index (χ3n) is 3.87. The van der Waals surface area contributed by atoms with Crippen molar-refractivity contribution in [3.8, 4) is 0 Å². The summed E-state index contributed by atoms with van der Waals surface area (Å²) in [4.78, 5) is 11.1. The molecule has 0 N–H and O–H groups in total. The summed E-state index contributed by atoms with van der Waals surface area (Å²) in [7, 11) is 0.665. The molecule has 0 saturated carbocycles. The number of alkyl halides is 6. The molecule has 0 bridgehead atoms. The third-order valence-corrected chi connectivity index (χ3v) is 3.87. The molecule has 2 atom stereocenters. The summed E-state index contributed by atoms with van der Waals surface area (Å²) in [5.74, 6) is 0. The molecule has 1 aromatic carbocycles. The number of nitrogens with zero attached hydrogens (tertiary/aromatic N) is 1. The Morgan fingerprint density at radius 2 is 1.65 bits per heavy atom. The van der Waals surface area contributed by atoms with Crippen LogP contribution < -0.4 is 0 Å². The van der Waals surface area contributed by atoms with Gasteiger partial charge in [0.2, 0.25) is 0 Å². The largest absolute Gasteiger partial charge is 0.440 e. The molecule has 1 heterocycles. The van der Waals surface area contributed by atoms with E-state index in [0.717, 1.165) is 0 Å². The van der Waals surface area contributed by atoms with E-state index in [1.807, 2.05) is 0 Å². The SMILES string of the molecule is CN1C(Cc2ccccc2)C(C=O)OC1(C(F)(F)F)C(F)(F)F. The highest BCUT2D eigenvalue weighted by atomic mass is 19.4. The number of hydrogen-bond acceptors (Lipinski definition) is 3. The number of halogens is 6. The van der Waals surface area contributed by atoms with Gasteiger partial charge in [-0.3, -0.25) is 4.90 Å². The predicted molar refractivity (Wildman–Crippen MR) is 67.5 cm³/mol. The van der Waals surface area contributed by atoms with Crippen LogP contribution in [0.5, 0.6) is 0 Å². The molecule has 0 spiro atoms. The minimum Gasteiger partial charge on any atom is -0.332 e. The topological polar surface area (TPSA) is 29.5 Å². The Morgan fingerprint density at radius 1 is 1.13 bits per heavy atom. The lowest BCUT2D eigenvalue weighted by molar-refractivity contribution is -0.406. The van der Waals surface area contributed by atoms with Crippen LogP contribution in [0.3, 0.4) is 0 Å². The van der Waals surface area contributed by atoms with Crippen molar-refractivity contribution < 1.29 is 35.9 Å². The Bertz CT molecular complexity index is 543. The van der Waals surface area contributed by atoms with Crippen molar-refractivity contribution in [3.63, 3.8) is 0 Å². The highest BCUT2D eigenvalue weighted by molar-refractivity contribution is 5.58. The molecule has 128 valence electrons. The first-order valence-electron chi connectivity index (χ1n) is 6.58. The van der Waals surface area contributed by atoms with Crippen molar-refractivity contribution in [2.75, 3.05) is 7.05 Å². The van der Waals surface area contributed by atoms with Gasteiger partial charge >= 0.3 is 18.1 Å². The molecule has 0 radical (unpaired) electrons. The number of carbonyl (C=O) groups excluding carboxylic acids is 1. The molecule has 23 heavy (non-hydrogen) atoms. The van der Waals surface area contributed by atoms with Gasteiger partial charge in [0.25, 0.3) is 0 Å². The molecule has 2 unspecified atom stereocenters. The Balaban J connectivity index is 2.44. The Labute approximate surface area is 127 Å². The number of aldehydes is 1. The van der Waals surface area contributed by atoms with E-state index in [2.05, 4.69) is 4.74 Å². The summed E-state index contributed by atoms with van der Waals surface area (Å²) in [6.45, 7) is 0. The summed E-state index contributed by atoms with van der Waals surface area (Å²) in [5, 5.41) is 0. The molecule has 1 saturated heterocycles. The average Bonchev–Trinajstić information content (AvgIpc) is 2.73. The van der Waals surface area contributed by atoms with Crippen molar-refractivity contribution in [3.05, 3.63) is 35.9 Å². The van der Waals surface area contributed by atoms with Crippen molar-refractivity contribution in [2.45, 2.75) is 36.6 Å². The van der Waals surface area contributed by atoms with E-state index in [9.17, 15) is 31.1 Å². The zero-order chi connectivity index (χ0) is 17.5. The van der Waals surface area contributed by atoms with Gasteiger partial charge in [0.05, 0.1) is 0 Å². The lowest BCUT2D eigenvalue weighted by Crippen LogP contribution is -2.65. The van der Waals surface area contributed by atoms with Gasteiger partial charge < -0.3 is 9.53 Å². The van der Waals surface area contributed by atoms with E-state index in [1.165, 1.54) is 0 Å². The first-order valence-corrected chi connectivity index (χ1v) is 6.58. The Morgan fingerprint density at radius 3 is 2.09 bits per heavy atom. The molecule has 2 rings (SSSR count). The normalized spacial score (nSPS) is 25.5. The number of carbonyl (C=O) groups is 1. The van der Waals surface area contributed by atoms with Crippen LogP contribution in [-0.4, -0.2) is 48.5 Å². The summed E-state index contributed by atoms with van der Waals surface area (Å²) in [6.07, 6.45) is -13.5. The lowest BCUT2D eigenvalue weighted by atomic mass is 10.0. The third kappa shape index (κ3) is 2.83. The molecule has 0 aromatic heterocycles. The molecular formula is C14H13F6NO2. The second-order valence-corrected chi connectivity index (χ2v) is 5.23. The number of ether oxygens (including phenoxy) is 1. The lowest BCUT2D eigenvalue weighted by Gasteiger charge is -2.38. The zero-order valence-electron chi connectivity index (χ0n) is 11.9. The standard InChI is InChI=1S/C14H13F6NO2/c1-21-10(7-9-5-3-2-4-6-9)11(8-22)23-12(21,13(15,16)17)14(18,19)20/h2-6,8,10-11H,7H2,1H3. The molecule has 0 aliphatic carbocycles. The van der Waals surface area contributed by atoms with Crippen LogP contribution in [0.25, 0.3) is 0 Å². The first kappa shape index (κ1) is 17.7. The molecule has 1 aliphatic rings. The fourth-order valence-corrected chi connectivity index (χ4v) is 2.73. The van der Waals surface area contributed by atoms with Crippen LogP contribution in [0.4, 0.5) is 26.3 Å². The monoisotopic (exact) mass is 341 g/mol. The Hall–Kier alpha value is -1.61. The maximum absolute atomic E-state index is 13.2. The number of rotatable bonds is 3. The summed E-state index contributed by atoms with van der Waals surface area (Å²) in [5.41, 5.74) is -4.00. The smallest absolute Gasteiger partial charge is 0.332 e. The van der Waals surface area contributed by atoms with Crippen LogP contribution in [0.2, 0.25) is 0 Å². The minimum atomic E-state index is -5.74. The average molecular weight is 341 g/mol. The van der Waals surface area contributed by atoms with E-state index < -0.39 is 30.2 Å². The van der Waals surface area contributed by atoms with E-state index in [4.69, 9.17) is 0 Å². The van der Waals surface area contributed by atoms with Crippen LogP contribution in [-0.2, 0) is 16.0 Å². The number of hydrogen-bond donors (Lipinski definition) is 0. The molecule has 0 amide bonds. The fourth-order valence-electron chi connectivity index (χ4n) is 2.73. The van der Waals surface area contributed by atoms with Gasteiger partial charge in [0, 0.05) is 6.04 Å². The van der Waals surface area contributed by atoms with E-state index in [-0.39, 0.29) is 17.6 Å². The first-order chi connectivity index (χ1) is 10.5.